The molecule has 0 spiro atoms. The number of hydrogen-bond acceptors (Lipinski definition) is 0. The van der Waals surface area contributed by atoms with Crippen LogP contribution in [0, 0.1) is 0 Å². The van der Waals surface area contributed by atoms with Crippen molar-refractivity contribution in [1.29, 1.82) is 0 Å². The third kappa shape index (κ3) is 669. The molecule has 0 rings (SSSR count). The summed E-state index contributed by atoms with van der Waals surface area (Å²) in [4.78, 5) is 0. The Bertz CT molecular complexity index is 8.88. The topological polar surface area (TPSA) is 220 Å². The Hall–Kier alpha value is 0.776. The molecule has 0 amide bonds. The second-order valence-corrected chi connectivity index (χ2v) is 0. The van der Waals surface area contributed by atoms with Gasteiger partial charge >= 0.3 is 23.1 Å². The predicted molar refractivity (Wildman–Crippen MR) is 41.1 cm³/mol. The molecule has 0 fully saturated rings. The van der Waals surface area contributed by atoms with Crippen molar-refractivity contribution in [3.63, 3.8) is 0 Å². The molecular weight excluding hydrogens is 172 g/mol. The minimum absolute atomic E-state index is 0. The highest BCUT2D eigenvalue weighted by molar-refractivity contribution is 5.85. The molecule has 0 bridgehead atoms. The van der Waals surface area contributed by atoms with Gasteiger partial charge in [-0.1, -0.05) is 0 Å². The summed E-state index contributed by atoms with van der Waals surface area (Å²) in [6.45, 7) is 0. The normalized spacial score (nSPS) is 0. The molecule has 0 aromatic rings. The van der Waals surface area contributed by atoms with E-state index in [1.807, 2.05) is 0 Å². The van der Waals surface area contributed by atoms with Gasteiger partial charge in [-0.15, -0.1) is 12.4 Å². The van der Waals surface area contributed by atoms with Crippen molar-refractivity contribution >= 4 is 35.5 Å². The molecule has 0 radical (unpaired) electrons. The third-order valence-electron chi connectivity index (χ3n) is 0. The van der Waals surface area contributed by atoms with Gasteiger partial charge in [0.15, 0.2) is 0 Å². The molecule has 9 heteroatoms. The van der Waals surface area contributed by atoms with E-state index in [1.54, 1.807) is 0 Å². The van der Waals surface area contributed by atoms with Crippen LogP contribution in [0.2, 0.25) is 0 Å². The molecule has 0 unspecified atom stereocenters. The Balaban J connectivity index is 0. The van der Waals surface area contributed by atoms with Gasteiger partial charge in [-0.05, 0) is 0 Å². The maximum atomic E-state index is 0. The van der Waals surface area contributed by atoms with Crippen molar-refractivity contribution in [2.45, 2.75) is 0 Å². The predicted octanol–water partition coefficient (Wildman–Crippen LogP) is -6.27. The average Bonchev–Trinajstić information content (AvgIpc) is 0. The minimum atomic E-state index is 0. The quantitative estimate of drug-likeness (QED) is 0.324. The van der Waals surface area contributed by atoms with E-state index < -0.39 is 0 Å². The smallest absolute Gasteiger partial charge is 0.316 e. The van der Waals surface area contributed by atoms with Gasteiger partial charge in [0, 0.05) is 0 Å². The maximum absolute atomic E-state index is 0. The van der Waals surface area contributed by atoms with Gasteiger partial charge in [-0.25, -0.2) is 0 Å². The van der Waals surface area contributed by atoms with E-state index in [9.17, 15) is 0 Å². The van der Waals surface area contributed by atoms with Gasteiger partial charge in [0.25, 0.3) is 0 Å². The SMILES string of the molecule is Cl.O.O.O.O.O.O.O.[MgH2]. The van der Waals surface area contributed by atoms with Gasteiger partial charge < -0.3 is 38.3 Å². The summed E-state index contributed by atoms with van der Waals surface area (Å²) in [7, 11) is 0. The summed E-state index contributed by atoms with van der Waals surface area (Å²) >= 11 is 0. The molecule has 0 atom stereocenters. The largest absolute Gasteiger partial charge is 0.412 e. The number of halogens is 1. The molecule has 0 aromatic carbocycles. The summed E-state index contributed by atoms with van der Waals surface area (Å²) in [5, 5.41) is 0. The van der Waals surface area contributed by atoms with E-state index >= 15 is 0 Å². The standard InChI is InChI=1S/ClH.Mg.7H2O.2H/h1H;;7*1H2;;. The number of hydrogen-bond donors (Lipinski definition) is 0. The Labute approximate surface area is 74.2 Å². The van der Waals surface area contributed by atoms with Crippen LogP contribution in [0.1, 0.15) is 0 Å². The highest BCUT2D eigenvalue weighted by atomic mass is 35.5. The van der Waals surface area contributed by atoms with Crippen molar-refractivity contribution in [2.75, 3.05) is 0 Å². The van der Waals surface area contributed by atoms with Crippen LogP contribution in [0.5, 0.6) is 0 Å². The zero-order chi connectivity index (χ0) is 0. The van der Waals surface area contributed by atoms with Crippen LogP contribution in [-0.2, 0) is 0 Å². The summed E-state index contributed by atoms with van der Waals surface area (Å²) < 4.78 is 0. The highest BCUT2D eigenvalue weighted by Gasteiger charge is 0.316. The molecule has 7 nitrogen and oxygen atoms in total. The molecule has 0 aliphatic carbocycles. The summed E-state index contributed by atoms with van der Waals surface area (Å²) in [5.74, 6) is 0. The van der Waals surface area contributed by atoms with E-state index in [0.29, 0.717) is 0 Å². The monoisotopic (exact) mass is 188 g/mol. The highest BCUT2D eigenvalue weighted by Crippen LogP contribution is 0.690. The third-order valence-corrected chi connectivity index (χ3v) is 0. The van der Waals surface area contributed by atoms with Crippen LogP contribution in [0.4, 0.5) is 0 Å². The average molecular weight is 189 g/mol. The molecule has 68 valence electrons. The molecule has 0 aromatic heterocycles. The van der Waals surface area contributed by atoms with Crippen molar-refractivity contribution in [2.24, 2.45) is 0 Å². The minimum Gasteiger partial charge on any atom is -0.412 e. The lowest BCUT2D eigenvalue weighted by atomic mass is 16.0. The second-order valence-electron chi connectivity index (χ2n) is 0. The summed E-state index contributed by atoms with van der Waals surface area (Å²) in [6.07, 6.45) is 0. The van der Waals surface area contributed by atoms with Crippen molar-refractivity contribution in [1.82, 2.24) is 0 Å². The van der Waals surface area contributed by atoms with Gasteiger partial charge in [-0.2, -0.15) is 0 Å². The Morgan fingerprint density at radius 3 is 0.333 bits per heavy atom. The molecule has 9 heavy (non-hydrogen) atoms. The fourth-order valence-corrected chi connectivity index (χ4v) is 0. The van der Waals surface area contributed by atoms with E-state index in [0.717, 1.165) is 0 Å². The molecule has 0 saturated heterocycles. The summed E-state index contributed by atoms with van der Waals surface area (Å²) in [5.41, 5.74) is 0. The molecule has 0 heterocycles. The Kier molecular flexibility index (Phi) is 122000. The van der Waals surface area contributed by atoms with E-state index in [4.69, 9.17) is 0 Å². The maximum Gasteiger partial charge on any atom is 0.316 e. The number of rotatable bonds is 0. The first-order chi connectivity index (χ1) is 0. The van der Waals surface area contributed by atoms with Crippen LogP contribution in [0.25, 0.3) is 0 Å². The van der Waals surface area contributed by atoms with Crippen molar-refractivity contribution in [3.05, 3.63) is 0 Å². The van der Waals surface area contributed by atoms with Crippen LogP contribution in [0.15, 0.2) is 0 Å². The Morgan fingerprint density at radius 1 is 0.333 bits per heavy atom. The van der Waals surface area contributed by atoms with Crippen LogP contribution in [0.3, 0.4) is 0 Å². The van der Waals surface area contributed by atoms with Crippen LogP contribution >= 0.6 is 12.4 Å². The zero-order valence-corrected chi connectivity index (χ0v) is 4.72. The lowest BCUT2D eigenvalue weighted by Crippen LogP contribution is -0.381. The zero-order valence-electron chi connectivity index (χ0n) is 3.91. The van der Waals surface area contributed by atoms with E-state index in [-0.39, 0.29) is 73.8 Å². The fraction of sp³-hybridized carbons (Fsp3) is 0. The molecule has 14 N–H and O–H groups in total. The fourth-order valence-electron chi connectivity index (χ4n) is 0. The van der Waals surface area contributed by atoms with Crippen LogP contribution in [-0.4, -0.2) is 61.4 Å². The van der Waals surface area contributed by atoms with Gasteiger partial charge in [0.1, 0.15) is 0 Å². The van der Waals surface area contributed by atoms with Crippen molar-refractivity contribution < 1.29 is 38.3 Å². The Morgan fingerprint density at radius 2 is 0.333 bits per heavy atom. The van der Waals surface area contributed by atoms with Gasteiger partial charge in [0.05, 0.1) is 0 Å². The molecule has 0 aliphatic heterocycles. The first-order valence-corrected chi connectivity index (χ1v) is 0. The van der Waals surface area contributed by atoms with Crippen LogP contribution < -0.4 is 0 Å². The van der Waals surface area contributed by atoms with Gasteiger partial charge in [0.2, 0.25) is 0 Å². The second kappa shape index (κ2) is 881. The molecule has 0 aliphatic rings. The van der Waals surface area contributed by atoms with E-state index in [1.165, 1.54) is 0 Å². The summed E-state index contributed by atoms with van der Waals surface area (Å²) in [6, 6.07) is 0. The molecular formula is H17ClMgO7. The first kappa shape index (κ1) is 1250. The molecule has 0 saturated carbocycles. The first-order valence-electron chi connectivity index (χ1n) is 0. The van der Waals surface area contributed by atoms with Crippen molar-refractivity contribution in [3.8, 4) is 0 Å². The lowest BCUT2D eigenvalue weighted by Gasteiger charge is -0.413. The van der Waals surface area contributed by atoms with Gasteiger partial charge in [-0.3, -0.25) is 0 Å². The van der Waals surface area contributed by atoms with E-state index in [2.05, 4.69) is 0 Å². The lowest BCUT2D eigenvalue weighted by molar-refractivity contribution is 0.823.